The van der Waals surface area contributed by atoms with Crippen molar-refractivity contribution in [2.24, 2.45) is 0 Å². The van der Waals surface area contributed by atoms with Crippen molar-refractivity contribution in [3.05, 3.63) is 71.3 Å². The zero-order chi connectivity index (χ0) is 19.1. The summed E-state index contributed by atoms with van der Waals surface area (Å²) in [4.78, 5) is 41.8. The highest BCUT2D eigenvalue weighted by Gasteiger charge is 2.33. The van der Waals surface area contributed by atoms with Crippen molar-refractivity contribution in [3.8, 4) is 11.3 Å². The summed E-state index contributed by atoms with van der Waals surface area (Å²) in [7, 11) is 1.42. The largest absolute Gasteiger partial charge is 0.449 e. The second kappa shape index (κ2) is 6.21. The maximum absolute atomic E-state index is 12.5. The summed E-state index contributed by atoms with van der Waals surface area (Å²) in [5.41, 5.74) is 3.05. The maximum Gasteiger partial charge on any atom is 0.261 e. The lowest BCUT2D eigenvalue weighted by molar-refractivity contribution is 0.0693. The van der Waals surface area contributed by atoms with E-state index in [-0.39, 0.29) is 17.4 Å². The lowest BCUT2D eigenvalue weighted by Crippen LogP contribution is -2.24. The van der Waals surface area contributed by atoms with Crippen LogP contribution in [-0.4, -0.2) is 34.7 Å². The molecule has 0 radical (unpaired) electrons. The van der Waals surface area contributed by atoms with E-state index < -0.39 is 5.91 Å². The summed E-state index contributed by atoms with van der Waals surface area (Å²) >= 11 is 0. The van der Waals surface area contributed by atoms with E-state index in [1.165, 1.54) is 25.2 Å². The Labute approximate surface area is 154 Å². The van der Waals surface area contributed by atoms with E-state index in [2.05, 4.69) is 10.3 Å². The summed E-state index contributed by atoms with van der Waals surface area (Å²) in [5.74, 6) is -0.548. The van der Waals surface area contributed by atoms with Crippen LogP contribution in [0, 0.1) is 6.92 Å². The number of amides is 3. The highest BCUT2D eigenvalue weighted by atomic mass is 16.3. The maximum atomic E-state index is 12.5. The molecule has 0 unspecified atom stereocenters. The number of nitrogens with one attached hydrogen (secondary N) is 1. The lowest BCUT2D eigenvalue weighted by atomic mass is 10.1. The molecule has 27 heavy (non-hydrogen) atoms. The third-order valence-electron chi connectivity index (χ3n) is 4.41. The highest BCUT2D eigenvalue weighted by Crippen LogP contribution is 2.24. The zero-order valence-electron chi connectivity index (χ0n) is 14.6. The number of hydrogen-bond donors (Lipinski definition) is 1. The Kier molecular flexibility index (Phi) is 3.84. The number of fused-ring (bicyclic) bond motifs is 1. The highest BCUT2D eigenvalue weighted by molar-refractivity contribution is 6.22. The first-order chi connectivity index (χ1) is 12.9. The Morgan fingerprint density at radius 1 is 1.04 bits per heavy atom. The second-order valence-electron chi connectivity index (χ2n) is 6.21. The van der Waals surface area contributed by atoms with Gasteiger partial charge in [0.1, 0.15) is 12.0 Å². The van der Waals surface area contributed by atoms with Gasteiger partial charge in [0, 0.05) is 30.8 Å². The molecule has 7 heteroatoms. The number of aromatic nitrogens is 1. The normalized spacial score (nSPS) is 13.0. The Morgan fingerprint density at radius 3 is 2.41 bits per heavy atom. The van der Waals surface area contributed by atoms with Gasteiger partial charge in [-0.2, -0.15) is 0 Å². The molecule has 1 N–H and O–H groups in total. The van der Waals surface area contributed by atoms with Gasteiger partial charge < -0.3 is 9.73 Å². The number of hydrogen-bond acceptors (Lipinski definition) is 5. The third-order valence-corrected chi connectivity index (χ3v) is 4.41. The van der Waals surface area contributed by atoms with Gasteiger partial charge >= 0.3 is 0 Å². The summed E-state index contributed by atoms with van der Waals surface area (Å²) in [5, 5.41) is 2.78. The van der Waals surface area contributed by atoms with Crippen LogP contribution in [0.4, 0.5) is 5.69 Å². The first-order valence-electron chi connectivity index (χ1n) is 8.24. The molecule has 3 amide bonds. The van der Waals surface area contributed by atoms with Gasteiger partial charge in [-0.15, -0.1) is 0 Å². The summed E-state index contributed by atoms with van der Waals surface area (Å²) in [6.07, 6.45) is 1.57. The Bertz CT molecular complexity index is 1080. The molecule has 1 aliphatic rings. The molecule has 0 fully saturated rings. The Hall–Kier alpha value is -3.74. The monoisotopic (exact) mass is 361 g/mol. The minimum absolute atomic E-state index is 0.242. The van der Waals surface area contributed by atoms with Crippen molar-refractivity contribution in [2.45, 2.75) is 6.92 Å². The Morgan fingerprint density at radius 2 is 1.74 bits per heavy atom. The van der Waals surface area contributed by atoms with Gasteiger partial charge in [-0.05, 0) is 30.3 Å². The minimum Gasteiger partial charge on any atom is -0.449 e. The second-order valence-corrected chi connectivity index (χ2v) is 6.21. The number of aryl methyl sites for hydroxylation is 1. The van der Waals surface area contributed by atoms with E-state index in [9.17, 15) is 14.4 Å². The molecule has 0 atom stereocenters. The summed E-state index contributed by atoms with van der Waals surface area (Å²) < 4.78 is 5.20. The molecule has 2 heterocycles. The van der Waals surface area contributed by atoms with E-state index in [0.717, 1.165) is 16.2 Å². The number of nitrogens with zero attached hydrogens (tertiary/aromatic N) is 2. The van der Waals surface area contributed by atoms with Crippen LogP contribution >= 0.6 is 0 Å². The molecule has 0 saturated heterocycles. The molecule has 3 aromatic rings. The molecule has 0 spiro atoms. The Balaban J connectivity index is 1.53. The zero-order valence-corrected chi connectivity index (χ0v) is 14.6. The first kappa shape index (κ1) is 16.7. The fourth-order valence-electron chi connectivity index (χ4n) is 2.93. The van der Waals surface area contributed by atoms with Gasteiger partial charge in [0.15, 0.2) is 5.89 Å². The van der Waals surface area contributed by atoms with Crippen molar-refractivity contribution in [1.82, 2.24) is 9.88 Å². The number of imide groups is 1. The number of benzene rings is 2. The molecule has 1 aromatic heterocycles. The SMILES string of the molecule is Cc1nc(-c2ccc(NC(=O)c3ccc4c(c3)C(=O)N(C)C4=O)cc2)co1. The number of rotatable bonds is 3. The number of carbonyl (C=O) groups is 3. The average Bonchev–Trinajstić information content (AvgIpc) is 3.20. The van der Waals surface area contributed by atoms with Gasteiger partial charge in [0.2, 0.25) is 0 Å². The van der Waals surface area contributed by atoms with Gasteiger partial charge in [0.05, 0.1) is 11.1 Å². The van der Waals surface area contributed by atoms with Crippen LogP contribution in [0.15, 0.2) is 53.1 Å². The third kappa shape index (κ3) is 2.89. The summed E-state index contributed by atoms with van der Waals surface area (Å²) in [6.45, 7) is 1.77. The van der Waals surface area contributed by atoms with E-state index in [1.54, 1.807) is 25.3 Å². The van der Waals surface area contributed by atoms with Gasteiger partial charge in [0.25, 0.3) is 17.7 Å². The molecular weight excluding hydrogens is 346 g/mol. The molecule has 0 saturated carbocycles. The van der Waals surface area contributed by atoms with Crippen molar-refractivity contribution >= 4 is 23.4 Å². The molecule has 1 aliphatic heterocycles. The van der Waals surface area contributed by atoms with Crippen molar-refractivity contribution < 1.29 is 18.8 Å². The van der Waals surface area contributed by atoms with Gasteiger partial charge in [-0.3, -0.25) is 19.3 Å². The van der Waals surface area contributed by atoms with E-state index in [4.69, 9.17) is 4.42 Å². The summed E-state index contributed by atoms with van der Waals surface area (Å²) in [6, 6.07) is 11.6. The average molecular weight is 361 g/mol. The first-order valence-corrected chi connectivity index (χ1v) is 8.24. The van der Waals surface area contributed by atoms with Gasteiger partial charge in [-0.1, -0.05) is 12.1 Å². The molecule has 2 aromatic carbocycles. The van der Waals surface area contributed by atoms with E-state index in [1.807, 2.05) is 12.1 Å². The minimum atomic E-state index is -0.406. The van der Waals surface area contributed by atoms with Crippen LogP contribution in [0.3, 0.4) is 0 Å². The molecular formula is C20H15N3O4. The van der Waals surface area contributed by atoms with Crippen molar-refractivity contribution in [3.63, 3.8) is 0 Å². The van der Waals surface area contributed by atoms with Crippen LogP contribution in [-0.2, 0) is 0 Å². The van der Waals surface area contributed by atoms with E-state index >= 15 is 0 Å². The quantitative estimate of drug-likeness (QED) is 0.724. The predicted molar refractivity (Wildman–Crippen MR) is 97.5 cm³/mol. The van der Waals surface area contributed by atoms with Crippen molar-refractivity contribution in [1.29, 1.82) is 0 Å². The van der Waals surface area contributed by atoms with Crippen LogP contribution in [0.5, 0.6) is 0 Å². The topological polar surface area (TPSA) is 92.5 Å². The number of anilines is 1. The molecule has 0 bridgehead atoms. The lowest BCUT2D eigenvalue weighted by Gasteiger charge is -2.07. The van der Waals surface area contributed by atoms with E-state index in [0.29, 0.717) is 22.7 Å². The van der Waals surface area contributed by atoms with Gasteiger partial charge in [-0.25, -0.2) is 4.98 Å². The van der Waals surface area contributed by atoms with Crippen LogP contribution in [0.2, 0.25) is 0 Å². The number of carbonyl (C=O) groups excluding carboxylic acids is 3. The van der Waals surface area contributed by atoms with Crippen LogP contribution < -0.4 is 5.32 Å². The smallest absolute Gasteiger partial charge is 0.261 e. The molecule has 134 valence electrons. The predicted octanol–water partition coefficient (Wildman–Crippen LogP) is 3.13. The number of oxazole rings is 1. The fourth-order valence-corrected chi connectivity index (χ4v) is 2.93. The fraction of sp³-hybridized carbons (Fsp3) is 0.100. The van der Waals surface area contributed by atoms with Crippen molar-refractivity contribution in [2.75, 3.05) is 12.4 Å². The molecule has 4 rings (SSSR count). The van der Waals surface area contributed by atoms with Crippen LogP contribution in [0.25, 0.3) is 11.3 Å². The standard InChI is InChI=1S/C20H15N3O4/c1-11-21-17(10-27-11)12-3-6-14(7-4-12)22-18(24)13-5-8-15-16(9-13)20(26)23(2)19(15)25/h3-10H,1-2H3,(H,22,24). The van der Waals surface area contributed by atoms with Crippen LogP contribution in [0.1, 0.15) is 37.0 Å². The molecule has 7 nitrogen and oxygen atoms in total. The molecule has 0 aliphatic carbocycles.